The van der Waals surface area contributed by atoms with Crippen LogP contribution < -0.4 is 0 Å². The highest BCUT2D eigenvalue weighted by molar-refractivity contribution is 5.93. The summed E-state index contributed by atoms with van der Waals surface area (Å²) in [5.74, 6) is -0.881. The van der Waals surface area contributed by atoms with Crippen LogP contribution in [-0.4, -0.2) is 52.5 Å². The van der Waals surface area contributed by atoms with Crippen molar-refractivity contribution in [2.75, 3.05) is 20.7 Å². The van der Waals surface area contributed by atoms with E-state index in [9.17, 15) is 9.59 Å². The van der Waals surface area contributed by atoms with Crippen LogP contribution in [0.5, 0.6) is 0 Å². The van der Waals surface area contributed by atoms with Gasteiger partial charge in [-0.2, -0.15) is 9.90 Å². The fourth-order valence-electron chi connectivity index (χ4n) is 1.57. The van der Waals surface area contributed by atoms with E-state index in [2.05, 4.69) is 14.9 Å². The first-order valence-corrected chi connectivity index (χ1v) is 5.92. The van der Waals surface area contributed by atoms with Gasteiger partial charge >= 0.3 is 5.97 Å². The molecule has 0 saturated carbocycles. The van der Waals surface area contributed by atoms with Gasteiger partial charge in [0.25, 0.3) is 5.91 Å². The molecule has 0 bridgehead atoms. The molecule has 0 aliphatic rings. The fourth-order valence-corrected chi connectivity index (χ4v) is 1.57. The second-order valence-corrected chi connectivity index (χ2v) is 4.09. The lowest BCUT2D eigenvalue weighted by atomic mass is 10.3. The molecule has 2 aromatic rings. The molecule has 20 heavy (non-hydrogen) atoms. The van der Waals surface area contributed by atoms with E-state index in [0.29, 0.717) is 0 Å². The summed E-state index contributed by atoms with van der Waals surface area (Å²) in [7, 11) is 2.77. The number of hydrogen-bond acceptors (Lipinski definition) is 5. The number of nitrogens with zero attached hydrogens (tertiary/aromatic N) is 4. The third kappa shape index (κ3) is 3.00. The Hall–Kier alpha value is -2.70. The van der Waals surface area contributed by atoms with Gasteiger partial charge in [0.05, 0.1) is 19.0 Å². The lowest BCUT2D eigenvalue weighted by Gasteiger charge is -2.13. The van der Waals surface area contributed by atoms with Crippen molar-refractivity contribution in [3.8, 4) is 5.69 Å². The van der Waals surface area contributed by atoms with Crippen molar-refractivity contribution >= 4 is 11.9 Å². The molecule has 1 aromatic carbocycles. The molecule has 1 heterocycles. The zero-order valence-electron chi connectivity index (χ0n) is 11.2. The van der Waals surface area contributed by atoms with Gasteiger partial charge in [0.15, 0.2) is 5.69 Å². The summed E-state index contributed by atoms with van der Waals surface area (Å²) in [6.07, 6.45) is 1.36. The largest absolute Gasteiger partial charge is 0.468 e. The molecule has 0 atom stereocenters. The SMILES string of the molecule is COC(=O)CN(C)C(=O)c1cnn(-c2ccccc2)n1. The van der Waals surface area contributed by atoms with E-state index < -0.39 is 11.9 Å². The third-order valence-electron chi connectivity index (χ3n) is 2.64. The van der Waals surface area contributed by atoms with Crippen molar-refractivity contribution in [1.82, 2.24) is 19.9 Å². The lowest BCUT2D eigenvalue weighted by molar-refractivity contribution is -0.141. The highest BCUT2D eigenvalue weighted by atomic mass is 16.5. The van der Waals surface area contributed by atoms with E-state index in [4.69, 9.17) is 0 Å². The number of likely N-dealkylation sites (N-methyl/N-ethyl adjacent to an activating group) is 1. The van der Waals surface area contributed by atoms with E-state index in [1.165, 1.54) is 30.1 Å². The average Bonchev–Trinajstić information content (AvgIpc) is 2.97. The number of carbonyl (C=O) groups excluding carboxylic acids is 2. The number of rotatable bonds is 4. The first-order chi connectivity index (χ1) is 9.61. The van der Waals surface area contributed by atoms with Gasteiger partial charge in [-0.15, -0.1) is 5.10 Å². The molecule has 0 aliphatic carbocycles. The molecule has 7 nitrogen and oxygen atoms in total. The summed E-state index contributed by atoms with van der Waals surface area (Å²) in [5.41, 5.74) is 0.919. The zero-order valence-corrected chi connectivity index (χ0v) is 11.2. The Morgan fingerprint density at radius 3 is 2.65 bits per heavy atom. The Morgan fingerprint density at radius 1 is 1.30 bits per heavy atom. The summed E-state index contributed by atoms with van der Waals surface area (Å²) >= 11 is 0. The number of para-hydroxylation sites is 1. The highest BCUT2D eigenvalue weighted by Crippen LogP contribution is 2.05. The van der Waals surface area contributed by atoms with E-state index in [-0.39, 0.29) is 12.2 Å². The number of benzene rings is 1. The second kappa shape index (κ2) is 5.96. The maximum atomic E-state index is 12.0. The number of aromatic nitrogens is 3. The number of methoxy groups -OCH3 is 1. The van der Waals surface area contributed by atoms with Crippen LogP contribution in [0.25, 0.3) is 5.69 Å². The van der Waals surface area contributed by atoms with Crippen molar-refractivity contribution in [2.45, 2.75) is 0 Å². The summed E-state index contributed by atoms with van der Waals surface area (Å²) in [6, 6.07) is 9.23. The minimum Gasteiger partial charge on any atom is -0.468 e. The second-order valence-electron chi connectivity index (χ2n) is 4.09. The van der Waals surface area contributed by atoms with Gasteiger partial charge in [0.1, 0.15) is 6.54 Å². The topological polar surface area (TPSA) is 77.3 Å². The van der Waals surface area contributed by atoms with Crippen LogP contribution in [0.3, 0.4) is 0 Å². The fraction of sp³-hybridized carbons (Fsp3) is 0.231. The van der Waals surface area contributed by atoms with Crippen molar-refractivity contribution in [3.63, 3.8) is 0 Å². The van der Waals surface area contributed by atoms with Gasteiger partial charge in [-0.05, 0) is 12.1 Å². The van der Waals surface area contributed by atoms with Gasteiger partial charge in [-0.3, -0.25) is 9.59 Å². The Balaban J connectivity index is 2.12. The molecule has 0 saturated heterocycles. The average molecular weight is 274 g/mol. The predicted molar refractivity (Wildman–Crippen MR) is 70.3 cm³/mol. The number of ether oxygens (including phenoxy) is 1. The first-order valence-electron chi connectivity index (χ1n) is 5.92. The Bertz CT molecular complexity index is 609. The smallest absolute Gasteiger partial charge is 0.325 e. The molecule has 0 fully saturated rings. The summed E-state index contributed by atoms with van der Waals surface area (Å²) in [5, 5.41) is 8.13. The van der Waals surface area contributed by atoms with Crippen LogP contribution in [0.4, 0.5) is 0 Å². The minimum absolute atomic E-state index is 0.131. The number of esters is 1. The standard InChI is InChI=1S/C13H14N4O3/c1-16(9-12(18)20-2)13(19)11-8-14-17(15-11)10-6-4-3-5-7-10/h3-8H,9H2,1-2H3. The normalized spacial score (nSPS) is 10.1. The van der Waals surface area contributed by atoms with Gasteiger partial charge < -0.3 is 9.64 Å². The monoisotopic (exact) mass is 274 g/mol. The van der Waals surface area contributed by atoms with Crippen molar-refractivity contribution in [1.29, 1.82) is 0 Å². The summed E-state index contributed by atoms with van der Waals surface area (Å²) < 4.78 is 4.51. The molecule has 0 spiro atoms. The number of carbonyl (C=O) groups is 2. The Kier molecular flexibility index (Phi) is 4.09. The summed E-state index contributed by atoms with van der Waals surface area (Å²) in [4.78, 5) is 25.8. The summed E-state index contributed by atoms with van der Waals surface area (Å²) in [6.45, 7) is -0.131. The predicted octanol–water partition coefficient (Wildman–Crippen LogP) is 0.512. The molecule has 0 aliphatic heterocycles. The zero-order chi connectivity index (χ0) is 14.5. The highest BCUT2D eigenvalue weighted by Gasteiger charge is 2.18. The van der Waals surface area contributed by atoms with Crippen LogP contribution in [0, 0.1) is 0 Å². The van der Waals surface area contributed by atoms with Crippen molar-refractivity contribution in [2.24, 2.45) is 0 Å². The quantitative estimate of drug-likeness (QED) is 0.759. The van der Waals surface area contributed by atoms with E-state index in [1.807, 2.05) is 30.3 Å². The maximum Gasteiger partial charge on any atom is 0.325 e. The van der Waals surface area contributed by atoms with E-state index in [1.54, 1.807) is 0 Å². The lowest BCUT2D eigenvalue weighted by Crippen LogP contribution is -2.33. The molecule has 1 aromatic heterocycles. The minimum atomic E-state index is -0.490. The molecular formula is C13H14N4O3. The number of hydrogen-bond donors (Lipinski definition) is 0. The van der Waals surface area contributed by atoms with Crippen LogP contribution in [0.15, 0.2) is 36.5 Å². The van der Waals surface area contributed by atoms with Gasteiger partial charge in [0, 0.05) is 7.05 Å². The molecule has 0 N–H and O–H groups in total. The van der Waals surface area contributed by atoms with E-state index in [0.717, 1.165) is 5.69 Å². The van der Waals surface area contributed by atoms with Gasteiger partial charge in [0.2, 0.25) is 0 Å². The maximum absolute atomic E-state index is 12.0. The third-order valence-corrected chi connectivity index (χ3v) is 2.64. The Morgan fingerprint density at radius 2 is 2.00 bits per heavy atom. The molecule has 2 rings (SSSR count). The van der Waals surface area contributed by atoms with Gasteiger partial charge in [-0.1, -0.05) is 18.2 Å². The molecule has 1 amide bonds. The van der Waals surface area contributed by atoms with Crippen LogP contribution in [0.1, 0.15) is 10.5 Å². The molecule has 104 valence electrons. The molecule has 0 unspecified atom stereocenters. The van der Waals surface area contributed by atoms with Gasteiger partial charge in [-0.25, -0.2) is 0 Å². The first kappa shape index (κ1) is 13.7. The van der Waals surface area contributed by atoms with Crippen LogP contribution in [0.2, 0.25) is 0 Å². The number of amides is 1. The van der Waals surface area contributed by atoms with Crippen LogP contribution >= 0.6 is 0 Å². The molecule has 7 heteroatoms. The van der Waals surface area contributed by atoms with Crippen molar-refractivity contribution < 1.29 is 14.3 Å². The van der Waals surface area contributed by atoms with E-state index >= 15 is 0 Å². The van der Waals surface area contributed by atoms with Crippen LogP contribution in [-0.2, 0) is 9.53 Å². The molecule has 0 radical (unpaired) electrons. The Labute approximate surface area is 115 Å². The van der Waals surface area contributed by atoms with Crippen molar-refractivity contribution in [3.05, 3.63) is 42.2 Å². The molecular weight excluding hydrogens is 260 g/mol.